The van der Waals surface area contributed by atoms with E-state index in [9.17, 15) is 5.11 Å². The van der Waals surface area contributed by atoms with Crippen LogP contribution in [-0.2, 0) is 0 Å². The molecule has 0 aromatic carbocycles. The summed E-state index contributed by atoms with van der Waals surface area (Å²) in [6, 6.07) is 0.478. The highest BCUT2D eigenvalue weighted by Gasteiger charge is 2.35. The monoisotopic (exact) mass is 433 g/mol. The zero-order valence-corrected chi connectivity index (χ0v) is 19.7. The summed E-state index contributed by atoms with van der Waals surface area (Å²) in [5.74, 6) is 0. The number of hydrogen-bond acceptors (Lipinski definition) is 1. The van der Waals surface area contributed by atoms with Crippen LogP contribution in [0.1, 0.15) is 116 Å². The summed E-state index contributed by atoms with van der Waals surface area (Å²) >= 11 is 0. The summed E-state index contributed by atoms with van der Waals surface area (Å²) in [4.78, 5) is 0. The van der Waals surface area contributed by atoms with E-state index < -0.39 is 0 Å². The third-order valence-electron chi connectivity index (χ3n) is 6.43. The SMILES string of the molecule is CCCCCCCCCCCCCCC[N+](C)(C)C1CCCCC1O.[Br-]. The number of quaternary nitrogens is 1. The normalized spacial score (nSPS) is 20.8. The Morgan fingerprint density at radius 3 is 1.58 bits per heavy atom. The second kappa shape index (κ2) is 16.4. The van der Waals surface area contributed by atoms with Crippen LogP contribution in [0.4, 0.5) is 0 Å². The van der Waals surface area contributed by atoms with Gasteiger partial charge in [0.15, 0.2) is 0 Å². The minimum absolute atomic E-state index is 0. The average Bonchev–Trinajstić information content (AvgIpc) is 2.59. The molecule has 0 amide bonds. The van der Waals surface area contributed by atoms with E-state index in [1.54, 1.807) is 0 Å². The number of aliphatic hydroxyl groups is 1. The number of hydrogen-bond donors (Lipinski definition) is 1. The van der Waals surface area contributed by atoms with Gasteiger partial charge in [0, 0.05) is 6.42 Å². The molecule has 0 aromatic heterocycles. The van der Waals surface area contributed by atoms with E-state index in [2.05, 4.69) is 21.0 Å². The summed E-state index contributed by atoms with van der Waals surface area (Å²) in [6.45, 7) is 3.53. The van der Waals surface area contributed by atoms with Crippen molar-refractivity contribution in [2.75, 3.05) is 20.6 Å². The third-order valence-corrected chi connectivity index (χ3v) is 6.43. The topological polar surface area (TPSA) is 20.2 Å². The Balaban J connectivity index is 0.00000625. The maximum Gasteiger partial charge on any atom is 0.115 e. The third kappa shape index (κ3) is 12.0. The van der Waals surface area contributed by atoms with Crippen LogP contribution in [0.5, 0.6) is 0 Å². The van der Waals surface area contributed by atoms with Crippen LogP contribution >= 0.6 is 0 Å². The summed E-state index contributed by atoms with van der Waals surface area (Å²) < 4.78 is 1.03. The summed E-state index contributed by atoms with van der Waals surface area (Å²) in [6.07, 6.45) is 23.2. The molecule has 1 rings (SSSR count). The van der Waals surface area contributed by atoms with Crippen molar-refractivity contribution in [3.63, 3.8) is 0 Å². The Kier molecular flexibility index (Phi) is 16.6. The van der Waals surface area contributed by atoms with E-state index in [-0.39, 0.29) is 23.1 Å². The van der Waals surface area contributed by atoms with Crippen molar-refractivity contribution in [1.29, 1.82) is 0 Å². The molecule has 26 heavy (non-hydrogen) atoms. The van der Waals surface area contributed by atoms with E-state index in [0.717, 1.165) is 10.9 Å². The van der Waals surface area contributed by atoms with Gasteiger partial charge >= 0.3 is 0 Å². The maximum atomic E-state index is 10.3. The highest BCUT2D eigenvalue weighted by Crippen LogP contribution is 2.26. The highest BCUT2D eigenvalue weighted by atomic mass is 79.9. The fraction of sp³-hybridized carbons (Fsp3) is 1.00. The van der Waals surface area contributed by atoms with Gasteiger partial charge in [-0.3, -0.25) is 0 Å². The van der Waals surface area contributed by atoms with Gasteiger partial charge in [-0.15, -0.1) is 0 Å². The van der Waals surface area contributed by atoms with Crippen LogP contribution in [0.2, 0.25) is 0 Å². The molecule has 2 nitrogen and oxygen atoms in total. The van der Waals surface area contributed by atoms with Crippen molar-refractivity contribution in [3.8, 4) is 0 Å². The molecular formula is C23H48BrNO. The Bertz CT molecular complexity index is 309. The van der Waals surface area contributed by atoms with Gasteiger partial charge in [0.25, 0.3) is 0 Å². The fourth-order valence-electron chi connectivity index (χ4n) is 4.61. The van der Waals surface area contributed by atoms with Gasteiger partial charge < -0.3 is 26.6 Å². The molecule has 0 aliphatic heterocycles. The molecular weight excluding hydrogens is 386 g/mol. The van der Waals surface area contributed by atoms with Gasteiger partial charge in [0.2, 0.25) is 0 Å². The standard InChI is InChI=1S/C23H48NO.BrH/c1-4-5-6-7-8-9-10-11-12-13-14-15-18-21-24(2,3)22-19-16-17-20-23(22)25;/h22-23,25H,4-21H2,1-3H3;1H/q+1;/p-1. The summed E-state index contributed by atoms with van der Waals surface area (Å²) in [5, 5.41) is 10.3. The fourth-order valence-corrected chi connectivity index (χ4v) is 4.61. The van der Waals surface area contributed by atoms with Crippen LogP contribution in [0.3, 0.4) is 0 Å². The van der Waals surface area contributed by atoms with Crippen molar-refractivity contribution in [3.05, 3.63) is 0 Å². The predicted molar refractivity (Wildman–Crippen MR) is 111 cm³/mol. The Hall–Kier alpha value is 0.400. The molecule has 0 heterocycles. The lowest BCUT2D eigenvalue weighted by Gasteiger charge is -2.42. The van der Waals surface area contributed by atoms with E-state index in [0.29, 0.717) is 6.04 Å². The number of unbranched alkanes of at least 4 members (excludes halogenated alkanes) is 12. The largest absolute Gasteiger partial charge is 1.00 e. The molecule has 1 N–H and O–H groups in total. The molecule has 1 aliphatic carbocycles. The van der Waals surface area contributed by atoms with Crippen LogP contribution in [-0.4, -0.2) is 42.4 Å². The second-order valence-corrected chi connectivity index (χ2v) is 9.16. The molecule has 0 spiro atoms. The van der Waals surface area contributed by atoms with Crippen molar-refractivity contribution < 1.29 is 26.6 Å². The zero-order chi connectivity index (χ0) is 18.4. The first-order valence-corrected chi connectivity index (χ1v) is 11.6. The van der Waals surface area contributed by atoms with E-state index in [1.165, 1.54) is 109 Å². The quantitative estimate of drug-likeness (QED) is 0.309. The van der Waals surface area contributed by atoms with Gasteiger partial charge in [-0.25, -0.2) is 0 Å². The molecule has 1 aliphatic rings. The van der Waals surface area contributed by atoms with Gasteiger partial charge in [0.05, 0.1) is 20.6 Å². The Morgan fingerprint density at radius 1 is 0.692 bits per heavy atom. The Labute approximate surface area is 175 Å². The highest BCUT2D eigenvalue weighted by molar-refractivity contribution is 4.75. The minimum Gasteiger partial charge on any atom is -1.00 e. The van der Waals surface area contributed by atoms with Gasteiger partial charge in [-0.1, -0.05) is 84.0 Å². The average molecular weight is 435 g/mol. The van der Waals surface area contributed by atoms with Gasteiger partial charge in [0.1, 0.15) is 12.1 Å². The lowest BCUT2D eigenvalue weighted by atomic mass is 9.90. The zero-order valence-electron chi connectivity index (χ0n) is 18.2. The summed E-state index contributed by atoms with van der Waals surface area (Å²) in [5.41, 5.74) is 0. The van der Waals surface area contributed by atoms with E-state index in [4.69, 9.17) is 0 Å². The van der Waals surface area contributed by atoms with Crippen LogP contribution in [0.25, 0.3) is 0 Å². The molecule has 158 valence electrons. The Morgan fingerprint density at radius 2 is 1.12 bits per heavy atom. The number of aliphatic hydroxyl groups excluding tert-OH is 1. The first-order chi connectivity index (χ1) is 12.1. The van der Waals surface area contributed by atoms with Gasteiger partial charge in [-0.2, -0.15) is 0 Å². The number of nitrogens with zero attached hydrogens (tertiary/aromatic N) is 1. The van der Waals surface area contributed by atoms with Crippen molar-refractivity contribution in [1.82, 2.24) is 0 Å². The second-order valence-electron chi connectivity index (χ2n) is 9.16. The lowest BCUT2D eigenvalue weighted by molar-refractivity contribution is -0.920. The van der Waals surface area contributed by atoms with Gasteiger partial charge in [-0.05, 0) is 25.7 Å². The maximum absolute atomic E-state index is 10.3. The van der Waals surface area contributed by atoms with Crippen LogP contribution in [0.15, 0.2) is 0 Å². The lowest BCUT2D eigenvalue weighted by Crippen LogP contribution is -3.00. The molecule has 0 bridgehead atoms. The molecule has 0 saturated heterocycles. The van der Waals surface area contributed by atoms with Crippen molar-refractivity contribution in [2.45, 2.75) is 128 Å². The molecule has 2 atom stereocenters. The van der Waals surface area contributed by atoms with Crippen molar-refractivity contribution >= 4 is 0 Å². The first kappa shape index (κ1) is 26.4. The molecule has 3 heteroatoms. The van der Waals surface area contributed by atoms with E-state index in [1.807, 2.05) is 0 Å². The van der Waals surface area contributed by atoms with Crippen LogP contribution < -0.4 is 17.0 Å². The van der Waals surface area contributed by atoms with Crippen molar-refractivity contribution in [2.24, 2.45) is 0 Å². The smallest absolute Gasteiger partial charge is 0.115 e. The molecule has 1 fully saturated rings. The molecule has 1 saturated carbocycles. The number of halogens is 1. The molecule has 0 radical (unpaired) electrons. The number of rotatable bonds is 15. The molecule has 2 unspecified atom stereocenters. The first-order valence-electron chi connectivity index (χ1n) is 11.6. The van der Waals surface area contributed by atoms with E-state index >= 15 is 0 Å². The van der Waals surface area contributed by atoms with Crippen LogP contribution in [0, 0.1) is 0 Å². The minimum atomic E-state index is -0.0641. The summed E-state index contributed by atoms with van der Waals surface area (Å²) in [7, 11) is 4.67. The number of likely N-dealkylation sites (N-methyl/N-ethyl adjacent to an activating group) is 1. The molecule has 0 aromatic rings. The predicted octanol–water partition coefficient (Wildman–Crippen LogP) is 3.46.